The van der Waals surface area contributed by atoms with Crippen LogP contribution < -0.4 is 10.6 Å². The van der Waals surface area contributed by atoms with Crippen LogP contribution in [0.1, 0.15) is 25.8 Å². The summed E-state index contributed by atoms with van der Waals surface area (Å²) < 4.78 is 0. The van der Waals surface area contributed by atoms with E-state index in [-0.39, 0.29) is 37.4 Å². The molecule has 1 aliphatic heterocycles. The fraction of sp³-hybridized carbons (Fsp3) is 0.450. The van der Waals surface area contributed by atoms with Gasteiger partial charge in [-0.25, -0.2) is 4.79 Å². The number of nitrogens with one attached hydrogen (secondary N) is 3. The minimum absolute atomic E-state index is 0.0653. The van der Waals surface area contributed by atoms with Crippen LogP contribution in [0.15, 0.2) is 30.5 Å². The van der Waals surface area contributed by atoms with E-state index >= 15 is 0 Å². The summed E-state index contributed by atoms with van der Waals surface area (Å²) >= 11 is 0. The molecule has 0 saturated carbocycles. The minimum Gasteiger partial charge on any atom is -0.394 e. The molecule has 4 amide bonds. The number of aromatic amines is 1. The highest BCUT2D eigenvalue weighted by Gasteiger charge is 2.39. The second-order valence-electron chi connectivity index (χ2n) is 7.41. The zero-order valence-electron chi connectivity index (χ0n) is 16.1. The molecule has 0 radical (unpaired) electrons. The van der Waals surface area contributed by atoms with E-state index < -0.39 is 18.0 Å². The summed E-state index contributed by atoms with van der Waals surface area (Å²) in [5, 5.41) is 15.7. The van der Waals surface area contributed by atoms with Crippen LogP contribution in [0.3, 0.4) is 0 Å². The Morgan fingerprint density at radius 2 is 2.04 bits per heavy atom. The van der Waals surface area contributed by atoms with Crippen molar-refractivity contribution < 1.29 is 19.5 Å². The molecule has 1 aliphatic rings. The molecule has 150 valence electrons. The van der Waals surface area contributed by atoms with Gasteiger partial charge in [0.05, 0.1) is 19.1 Å². The van der Waals surface area contributed by atoms with Crippen LogP contribution >= 0.6 is 0 Å². The van der Waals surface area contributed by atoms with E-state index in [9.17, 15) is 19.5 Å². The fourth-order valence-electron chi connectivity index (χ4n) is 3.37. The molecule has 1 aromatic carbocycles. The Morgan fingerprint density at radius 3 is 2.75 bits per heavy atom. The predicted molar refractivity (Wildman–Crippen MR) is 105 cm³/mol. The van der Waals surface area contributed by atoms with Crippen LogP contribution in [0.5, 0.6) is 0 Å². The molecular formula is C20H26N4O4. The number of imide groups is 1. The fourth-order valence-corrected chi connectivity index (χ4v) is 3.37. The number of H-pyrrole nitrogens is 1. The first-order valence-electron chi connectivity index (χ1n) is 9.47. The molecule has 1 aromatic heterocycles. The van der Waals surface area contributed by atoms with E-state index in [1.54, 1.807) is 0 Å². The molecular weight excluding hydrogens is 360 g/mol. The number of rotatable bonds is 8. The quantitative estimate of drug-likeness (QED) is 0.510. The highest BCUT2D eigenvalue weighted by atomic mass is 16.3. The molecule has 0 spiro atoms. The van der Waals surface area contributed by atoms with Gasteiger partial charge < -0.3 is 20.7 Å². The van der Waals surface area contributed by atoms with Crippen LogP contribution in [0.4, 0.5) is 4.79 Å². The summed E-state index contributed by atoms with van der Waals surface area (Å²) in [7, 11) is 0. The maximum absolute atomic E-state index is 12.6. The Balaban J connectivity index is 1.58. The monoisotopic (exact) mass is 386 g/mol. The highest BCUT2D eigenvalue weighted by Crippen LogP contribution is 2.19. The number of nitrogens with zero attached hydrogens (tertiary/aromatic N) is 1. The lowest BCUT2D eigenvalue weighted by Gasteiger charge is -2.20. The van der Waals surface area contributed by atoms with Crippen molar-refractivity contribution in [2.75, 3.05) is 13.2 Å². The smallest absolute Gasteiger partial charge is 0.324 e. The van der Waals surface area contributed by atoms with Crippen molar-refractivity contribution in [3.63, 3.8) is 0 Å². The number of amides is 4. The van der Waals surface area contributed by atoms with Gasteiger partial charge in [-0.05, 0) is 24.0 Å². The van der Waals surface area contributed by atoms with Gasteiger partial charge >= 0.3 is 6.03 Å². The SMILES string of the molecule is CC(C)C(CO)NC(=O)CC1NC(=O)N(CCc2c[nH]c3ccccc23)C1=O. The van der Waals surface area contributed by atoms with Crippen molar-refractivity contribution in [1.82, 2.24) is 20.5 Å². The summed E-state index contributed by atoms with van der Waals surface area (Å²) in [4.78, 5) is 41.3. The third kappa shape index (κ3) is 4.17. The lowest BCUT2D eigenvalue weighted by atomic mass is 10.0. The Kier molecular flexibility index (Phi) is 5.99. The van der Waals surface area contributed by atoms with E-state index in [2.05, 4.69) is 15.6 Å². The number of carbonyl (C=O) groups is 3. The van der Waals surface area contributed by atoms with E-state index in [1.807, 2.05) is 44.3 Å². The zero-order valence-corrected chi connectivity index (χ0v) is 16.1. The van der Waals surface area contributed by atoms with Gasteiger partial charge in [0.1, 0.15) is 6.04 Å². The van der Waals surface area contributed by atoms with E-state index in [1.165, 1.54) is 0 Å². The first-order valence-corrected chi connectivity index (χ1v) is 9.47. The van der Waals surface area contributed by atoms with Crippen molar-refractivity contribution >= 4 is 28.7 Å². The first-order chi connectivity index (χ1) is 13.4. The lowest BCUT2D eigenvalue weighted by molar-refractivity contribution is -0.131. The zero-order chi connectivity index (χ0) is 20.3. The van der Waals surface area contributed by atoms with Gasteiger partial charge in [0, 0.05) is 23.6 Å². The maximum atomic E-state index is 12.6. The summed E-state index contributed by atoms with van der Waals surface area (Å²) in [6.45, 7) is 3.84. The molecule has 1 saturated heterocycles. The van der Waals surface area contributed by atoms with Gasteiger partial charge in [0.2, 0.25) is 5.91 Å². The summed E-state index contributed by atoms with van der Waals surface area (Å²) in [5.41, 5.74) is 2.04. The van der Waals surface area contributed by atoms with E-state index in [4.69, 9.17) is 0 Å². The third-order valence-corrected chi connectivity index (χ3v) is 5.12. The normalized spacial score (nSPS) is 18.0. The average molecular weight is 386 g/mol. The molecule has 2 atom stereocenters. The van der Waals surface area contributed by atoms with Crippen molar-refractivity contribution in [2.24, 2.45) is 5.92 Å². The summed E-state index contributed by atoms with van der Waals surface area (Å²) in [5.74, 6) is -0.703. The van der Waals surface area contributed by atoms with Gasteiger partial charge in [-0.15, -0.1) is 0 Å². The Labute approximate surface area is 163 Å². The first kappa shape index (κ1) is 19.9. The number of aliphatic hydroxyl groups is 1. The second-order valence-corrected chi connectivity index (χ2v) is 7.41. The second kappa shape index (κ2) is 8.43. The number of aromatic nitrogens is 1. The van der Waals surface area contributed by atoms with Crippen LogP contribution in [0, 0.1) is 5.92 Å². The molecule has 0 bridgehead atoms. The molecule has 1 fully saturated rings. The van der Waals surface area contributed by atoms with E-state index in [0.29, 0.717) is 6.42 Å². The maximum Gasteiger partial charge on any atom is 0.324 e. The van der Waals surface area contributed by atoms with Crippen molar-refractivity contribution in [3.8, 4) is 0 Å². The van der Waals surface area contributed by atoms with Crippen molar-refractivity contribution in [3.05, 3.63) is 36.0 Å². The topological polar surface area (TPSA) is 115 Å². The van der Waals surface area contributed by atoms with Crippen LogP contribution in [0.25, 0.3) is 10.9 Å². The molecule has 4 N–H and O–H groups in total. The number of fused-ring (bicyclic) bond motifs is 1. The van der Waals surface area contributed by atoms with Crippen molar-refractivity contribution in [1.29, 1.82) is 0 Å². The minimum atomic E-state index is -0.873. The average Bonchev–Trinajstić information content (AvgIpc) is 3.19. The molecule has 28 heavy (non-hydrogen) atoms. The van der Waals surface area contributed by atoms with Crippen LogP contribution in [-0.4, -0.2) is 58.1 Å². The molecule has 2 aromatic rings. The van der Waals surface area contributed by atoms with Gasteiger partial charge in [-0.1, -0.05) is 32.0 Å². The molecule has 8 heteroatoms. The van der Waals surface area contributed by atoms with Gasteiger partial charge in [-0.2, -0.15) is 0 Å². The predicted octanol–water partition coefficient (Wildman–Crippen LogP) is 1.15. The largest absolute Gasteiger partial charge is 0.394 e. The van der Waals surface area contributed by atoms with Crippen LogP contribution in [-0.2, 0) is 16.0 Å². The number of benzene rings is 1. The Hall–Kier alpha value is -2.87. The van der Waals surface area contributed by atoms with Crippen molar-refractivity contribution in [2.45, 2.75) is 38.8 Å². The number of hydrogen-bond donors (Lipinski definition) is 4. The van der Waals surface area contributed by atoms with E-state index in [0.717, 1.165) is 21.4 Å². The molecule has 2 unspecified atom stereocenters. The summed E-state index contributed by atoms with van der Waals surface area (Å²) in [6.07, 6.45) is 2.27. The molecule has 2 heterocycles. The number of aliphatic hydroxyl groups excluding tert-OH is 1. The van der Waals surface area contributed by atoms with Gasteiger partial charge in [0.25, 0.3) is 5.91 Å². The lowest BCUT2D eigenvalue weighted by Crippen LogP contribution is -2.44. The summed E-state index contributed by atoms with van der Waals surface area (Å²) in [6, 6.07) is 6.12. The Morgan fingerprint density at radius 1 is 1.29 bits per heavy atom. The standard InChI is InChI=1S/C20H26N4O4/c1-12(2)17(11-25)22-18(26)9-16-19(27)24(20(28)23-16)8-7-13-10-21-15-6-4-3-5-14(13)15/h3-6,10,12,16-17,21,25H,7-9,11H2,1-2H3,(H,22,26)(H,23,28). The number of carbonyl (C=O) groups excluding carboxylic acids is 3. The number of urea groups is 1. The van der Waals surface area contributed by atoms with Gasteiger partial charge in [-0.3, -0.25) is 14.5 Å². The molecule has 3 rings (SSSR count). The highest BCUT2D eigenvalue weighted by molar-refractivity contribution is 6.05. The Bertz CT molecular complexity index is 876. The number of para-hydroxylation sites is 1. The van der Waals surface area contributed by atoms with Crippen LogP contribution in [0.2, 0.25) is 0 Å². The third-order valence-electron chi connectivity index (χ3n) is 5.12. The molecule has 0 aliphatic carbocycles. The van der Waals surface area contributed by atoms with Gasteiger partial charge in [0.15, 0.2) is 0 Å². The molecule has 8 nitrogen and oxygen atoms in total. The number of hydrogen-bond acceptors (Lipinski definition) is 4.